The minimum atomic E-state index is -0.0200. The summed E-state index contributed by atoms with van der Waals surface area (Å²) in [6, 6.07) is 10.3. The van der Waals surface area contributed by atoms with E-state index in [-0.39, 0.29) is 17.7 Å². The van der Waals surface area contributed by atoms with Crippen LogP contribution in [0.4, 0.5) is 0 Å². The van der Waals surface area contributed by atoms with E-state index in [1.54, 1.807) is 0 Å². The van der Waals surface area contributed by atoms with Crippen LogP contribution in [0.2, 0.25) is 0 Å². The zero-order valence-corrected chi connectivity index (χ0v) is 21.1. The number of piperidine rings is 1. The molecule has 2 amide bonds. The van der Waals surface area contributed by atoms with Gasteiger partial charge in [0.25, 0.3) is 0 Å². The normalized spacial score (nSPS) is 16.4. The van der Waals surface area contributed by atoms with E-state index in [0.29, 0.717) is 19.6 Å². The van der Waals surface area contributed by atoms with Gasteiger partial charge in [-0.1, -0.05) is 56.5 Å². The molecule has 0 spiro atoms. The number of hydrogen-bond donors (Lipinski definition) is 2. The number of aromatic nitrogens is 2. The summed E-state index contributed by atoms with van der Waals surface area (Å²) in [4.78, 5) is 27.3. The molecule has 1 aliphatic rings. The van der Waals surface area contributed by atoms with Crippen molar-refractivity contribution in [2.45, 2.75) is 72.4 Å². The van der Waals surface area contributed by atoms with Crippen molar-refractivity contribution < 1.29 is 9.59 Å². The van der Waals surface area contributed by atoms with Gasteiger partial charge in [-0.25, -0.2) is 0 Å². The number of amides is 2. The average molecular weight is 468 g/mol. The van der Waals surface area contributed by atoms with Crippen LogP contribution in [0.15, 0.2) is 30.3 Å². The Hall–Kier alpha value is -2.67. The van der Waals surface area contributed by atoms with Crippen molar-refractivity contribution in [2.24, 2.45) is 5.92 Å². The lowest BCUT2D eigenvalue weighted by Gasteiger charge is -2.31. The molecule has 2 aromatic rings. The summed E-state index contributed by atoms with van der Waals surface area (Å²) in [6.45, 7) is 10.0. The fourth-order valence-electron chi connectivity index (χ4n) is 4.67. The van der Waals surface area contributed by atoms with E-state index in [9.17, 15) is 9.59 Å². The van der Waals surface area contributed by atoms with Gasteiger partial charge in [0.05, 0.1) is 24.7 Å². The lowest BCUT2D eigenvalue weighted by molar-refractivity contribution is -0.129. The highest BCUT2D eigenvalue weighted by atomic mass is 16.2. The van der Waals surface area contributed by atoms with Gasteiger partial charge >= 0.3 is 0 Å². The van der Waals surface area contributed by atoms with Crippen molar-refractivity contribution in [3.63, 3.8) is 0 Å². The average Bonchev–Trinajstić information content (AvgIpc) is 3.10. The summed E-state index contributed by atoms with van der Waals surface area (Å²) in [7, 11) is 0. The quantitative estimate of drug-likeness (QED) is 0.468. The Morgan fingerprint density at radius 1 is 1.09 bits per heavy atom. The topological polar surface area (TPSA) is 79.3 Å². The molecule has 0 saturated carbocycles. The predicted octanol–water partition coefficient (Wildman–Crippen LogP) is 3.57. The largest absolute Gasteiger partial charge is 0.356 e. The minimum Gasteiger partial charge on any atom is -0.356 e. The third-order valence-corrected chi connectivity index (χ3v) is 6.74. The molecule has 1 unspecified atom stereocenters. The zero-order chi connectivity index (χ0) is 24.3. The van der Waals surface area contributed by atoms with Crippen LogP contribution in [-0.4, -0.2) is 52.7 Å². The molecule has 2 heterocycles. The first-order chi connectivity index (χ1) is 16.5. The molecule has 0 radical (unpaired) electrons. The molecule has 2 N–H and O–H groups in total. The van der Waals surface area contributed by atoms with Crippen LogP contribution in [0.5, 0.6) is 0 Å². The molecule has 1 aromatic heterocycles. The Morgan fingerprint density at radius 2 is 1.88 bits per heavy atom. The number of benzene rings is 1. The van der Waals surface area contributed by atoms with Gasteiger partial charge in [0.15, 0.2) is 0 Å². The third-order valence-electron chi connectivity index (χ3n) is 6.74. The smallest absolute Gasteiger partial charge is 0.234 e. The number of rotatable bonds is 12. The second kappa shape index (κ2) is 13.3. The highest BCUT2D eigenvalue weighted by molar-refractivity contribution is 5.80. The predicted molar refractivity (Wildman–Crippen MR) is 135 cm³/mol. The fraction of sp³-hybridized carbons (Fsp3) is 0.593. The Balaban J connectivity index is 1.44. The number of carbonyl (C=O) groups excluding carboxylic acids is 2. The first-order valence-electron chi connectivity index (χ1n) is 12.8. The van der Waals surface area contributed by atoms with Gasteiger partial charge < -0.3 is 10.6 Å². The van der Waals surface area contributed by atoms with Crippen LogP contribution in [-0.2, 0) is 22.7 Å². The van der Waals surface area contributed by atoms with Crippen molar-refractivity contribution in [2.75, 3.05) is 26.2 Å². The van der Waals surface area contributed by atoms with Crippen LogP contribution in [0.25, 0.3) is 0 Å². The molecule has 1 atom stereocenters. The van der Waals surface area contributed by atoms with Crippen LogP contribution in [0.1, 0.15) is 68.0 Å². The first-order valence-corrected chi connectivity index (χ1v) is 12.8. The second-order valence-electron chi connectivity index (χ2n) is 9.50. The number of unbranched alkanes of at least 4 members (excludes halogenated alkanes) is 3. The lowest BCUT2D eigenvalue weighted by Crippen LogP contribution is -2.46. The van der Waals surface area contributed by atoms with Gasteiger partial charge in [-0.15, -0.1) is 0 Å². The van der Waals surface area contributed by atoms with Gasteiger partial charge in [-0.2, -0.15) is 5.10 Å². The van der Waals surface area contributed by atoms with E-state index in [1.165, 1.54) is 18.4 Å². The SMILES string of the molecule is CCCCCCNC(=O)C1CCCN(CC(=O)NCc2c(C)nn(Cc3ccccc3)c2C)C1. The van der Waals surface area contributed by atoms with Crippen molar-refractivity contribution >= 4 is 11.8 Å². The molecule has 3 rings (SSSR count). The molecule has 186 valence electrons. The van der Waals surface area contributed by atoms with Crippen molar-refractivity contribution in [1.29, 1.82) is 0 Å². The Labute approximate surface area is 204 Å². The van der Waals surface area contributed by atoms with E-state index in [1.807, 2.05) is 29.8 Å². The number of hydrogen-bond acceptors (Lipinski definition) is 4. The number of aryl methyl sites for hydroxylation is 1. The molecular weight excluding hydrogens is 426 g/mol. The molecule has 0 aliphatic carbocycles. The Kier molecular flexibility index (Phi) is 10.1. The van der Waals surface area contributed by atoms with E-state index in [4.69, 9.17) is 0 Å². The summed E-state index contributed by atoms with van der Waals surface area (Å²) < 4.78 is 2.00. The maximum absolute atomic E-state index is 12.7. The Bertz CT molecular complexity index is 925. The molecule has 1 aromatic carbocycles. The van der Waals surface area contributed by atoms with Gasteiger partial charge in [-0.05, 0) is 45.2 Å². The number of nitrogens with one attached hydrogen (secondary N) is 2. The molecule has 0 bridgehead atoms. The molecular formula is C27H41N5O2. The standard InChI is InChI=1S/C27H41N5O2/c1-4-5-6-10-15-28-27(34)24-14-11-16-31(19-24)20-26(33)29-17-25-21(2)30-32(22(25)3)18-23-12-8-7-9-13-23/h7-9,12-13,24H,4-6,10-11,14-20H2,1-3H3,(H,28,34)(H,29,33). The monoisotopic (exact) mass is 467 g/mol. The van der Waals surface area contributed by atoms with Crippen molar-refractivity contribution in [3.8, 4) is 0 Å². The fourth-order valence-corrected chi connectivity index (χ4v) is 4.67. The molecule has 7 nitrogen and oxygen atoms in total. The third kappa shape index (κ3) is 7.69. The maximum Gasteiger partial charge on any atom is 0.234 e. The summed E-state index contributed by atoms with van der Waals surface area (Å²) in [5.41, 5.74) is 4.30. The zero-order valence-electron chi connectivity index (χ0n) is 21.1. The van der Waals surface area contributed by atoms with Crippen LogP contribution >= 0.6 is 0 Å². The second-order valence-corrected chi connectivity index (χ2v) is 9.50. The highest BCUT2D eigenvalue weighted by Gasteiger charge is 2.26. The molecule has 1 saturated heterocycles. The molecule has 1 aliphatic heterocycles. The maximum atomic E-state index is 12.7. The van der Waals surface area contributed by atoms with E-state index < -0.39 is 0 Å². The number of nitrogens with zero attached hydrogens (tertiary/aromatic N) is 3. The summed E-state index contributed by atoms with van der Waals surface area (Å²) in [5.74, 6) is 0.113. The molecule has 1 fully saturated rings. The Morgan fingerprint density at radius 3 is 2.65 bits per heavy atom. The minimum absolute atomic E-state index is 0.00441. The van der Waals surface area contributed by atoms with Crippen molar-refractivity contribution in [1.82, 2.24) is 25.3 Å². The summed E-state index contributed by atoms with van der Waals surface area (Å²) >= 11 is 0. The summed E-state index contributed by atoms with van der Waals surface area (Å²) in [6.07, 6.45) is 6.47. The van der Waals surface area contributed by atoms with Crippen LogP contribution in [0, 0.1) is 19.8 Å². The van der Waals surface area contributed by atoms with Gasteiger partial charge in [0.1, 0.15) is 0 Å². The van der Waals surface area contributed by atoms with E-state index in [2.05, 4.69) is 46.6 Å². The van der Waals surface area contributed by atoms with Crippen LogP contribution in [0.3, 0.4) is 0 Å². The molecule has 7 heteroatoms. The van der Waals surface area contributed by atoms with Crippen molar-refractivity contribution in [3.05, 3.63) is 52.8 Å². The first kappa shape index (κ1) is 25.9. The van der Waals surface area contributed by atoms with Gasteiger partial charge in [0, 0.05) is 30.9 Å². The van der Waals surface area contributed by atoms with Crippen LogP contribution < -0.4 is 10.6 Å². The number of likely N-dealkylation sites (tertiary alicyclic amines) is 1. The van der Waals surface area contributed by atoms with Gasteiger partial charge in [0.2, 0.25) is 11.8 Å². The number of carbonyl (C=O) groups is 2. The lowest BCUT2D eigenvalue weighted by atomic mass is 9.97. The van der Waals surface area contributed by atoms with E-state index >= 15 is 0 Å². The van der Waals surface area contributed by atoms with Gasteiger partial charge in [-0.3, -0.25) is 19.2 Å². The highest BCUT2D eigenvalue weighted by Crippen LogP contribution is 2.17. The van der Waals surface area contributed by atoms with E-state index in [0.717, 1.165) is 62.3 Å². The summed E-state index contributed by atoms with van der Waals surface area (Å²) in [5, 5.41) is 10.8. The molecule has 34 heavy (non-hydrogen) atoms.